The Hall–Kier alpha value is -3.04. The highest BCUT2D eigenvalue weighted by Crippen LogP contribution is 2.31. The topological polar surface area (TPSA) is 111 Å². The van der Waals surface area contributed by atoms with Crippen LogP contribution in [-0.2, 0) is 19.4 Å². The summed E-state index contributed by atoms with van der Waals surface area (Å²) in [6.45, 7) is 1.72. The van der Waals surface area contributed by atoms with Crippen molar-refractivity contribution in [2.45, 2.75) is 17.9 Å². The largest absolute Gasteiger partial charge is 0.497 e. The molecule has 0 bridgehead atoms. The number of carbonyl (C=O) groups excluding carboxylic acids is 2. The summed E-state index contributed by atoms with van der Waals surface area (Å²) in [5.41, 5.74) is 0.496. The first kappa shape index (κ1) is 22.6. The van der Waals surface area contributed by atoms with Crippen LogP contribution in [0.15, 0.2) is 64.7 Å². The number of esters is 1. The Balaban J connectivity index is 2.10. The molecule has 0 unspecified atom stereocenters. The van der Waals surface area contributed by atoms with E-state index >= 15 is 0 Å². The van der Waals surface area contributed by atoms with Crippen molar-refractivity contribution in [2.24, 2.45) is 0 Å². The van der Waals surface area contributed by atoms with Gasteiger partial charge in [0, 0.05) is 10.7 Å². The molecular weight excluding hydrogens is 444 g/mol. The summed E-state index contributed by atoms with van der Waals surface area (Å²) >= 11 is 5.84. The van der Waals surface area contributed by atoms with Gasteiger partial charge >= 0.3 is 12.0 Å². The highest BCUT2D eigenvalue weighted by molar-refractivity contribution is 7.91. The van der Waals surface area contributed by atoms with Crippen molar-refractivity contribution in [1.82, 2.24) is 10.6 Å². The molecule has 2 aromatic carbocycles. The van der Waals surface area contributed by atoms with E-state index in [9.17, 15) is 18.0 Å². The first-order valence-corrected chi connectivity index (χ1v) is 11.4. The zero-order valence-electron chi connectivity index (χ0n) is 16.8. The lowest BCUT2D eigenvalue weighted by atomic mass is 9.95. The van der Waals surface area contributed by atoms with Crippen LogP contribution in [0.3, 0.4) is 0 Å². The van der Waals surface area contributed by atoms with Gasteiger partial charge in [-0.2, -0.15) is 0 Å². The minimum atomic E-state index is -3.89. The molecular formula is C21H21ClN2O6S. The van der Waals surface area contributed by atoms with E-state index in [1.807, 2.05) is 0 Å². The second-order valence-corrected chi connectivity index (χ2v) is 9.06. The molecule has 0 radical (unpaired) electrons. The van der Waals surface area contributed by atoms with Crippen LogP contribution in [0.1, 0.15) is 18.5 Å². The van der Waals surface area contributed by atoms with Gasteiger partial charge in [-0.15, -0.1) is 0 Å². The van der Waals surface area contributed by atoms with Crippen LogP contribution in [0, 0.1) is 0 Å². The molecule has 8 nitrogen and oxygen atoms in total. The summed E-state index contributed by atoms with van der Waals surface area (Å²) < 4.78 is 36.3. The van der Waals surface area contributed by atoms with E-state index in [1.54, 1.807) is 31.2 Å². The highest BCUT2D eigenvalue weighted by Gasteiger charge is 2.35. The number of benzene rings is 2. The minimum absolute atomic E-state index is 0.00671. The fourth-order valence-electron chi connectivity index (χ4n) is 3.17. The molecule has 2 amide bonds. The number of amides is 2. The number of sulfone groups is 1. The number of hydrogen-bond acceptors (Lipinski definition) is 6. The molecule has 3 rings (SSSR count). The van der Waals surface area contributed by atoms with E-state index < -0.39 is 33.6 Å². The van der Waals surface area contributed by atoms with Crippen LogP contribution in [-0.4, -0.2) is 39.9 Å². The molecule has 31 heavy (non-hydrogen) atoms. The van der Waals surface area contributed by atoms with Crippen LogP contribution in [0.25, 0.3) is 0 Å². The summed E-state index contributed by atoms with van der Waals surface area (Å²) in [6.07, 6.45) is 0. The van der Waals surface area contributed by atoms with Crippen molar-refractivity contribution in [3.05, 3.63) is 70.4 Å². The lowest BCUT2D eigenvalue weighted by molar-refractivity contribution is -0.139. The van der Waals surface area contributed by atoms with Crippen LogP contribution >= 0.6 is 11.6 Å². The Kier molecular flexibility index (Phi) is 6.87. The number of nitrogens with one attached hydrogen (secondary N) is 2. The van der Waals surface area contributed by atoms with Crippen molar-refractivity contribution in [3.8, 4) is 5.75 Å². The molecule has 0 aromatic heterocycles. The standard InChI is InChI=1S/C21H21ClN2O6S/c1-3-30-20(25)18-17(12-31(27,28)16-9-7-14(22)8-10-16)23-21(26)24-19(18)13-5-4-6-15(11-13)29-2/h4-11,19H,3,12H2,1-2H3,(H2,23,24,26)/t19-/m1/s1. The molecule has 164 valence electrons. The van der Waals surface area contributed by atoms with Gasteiger partial charge in [0.2, 0.25) is 0 Å². The Morgan fingerprint density at radius 1 is 1.16 bits per heavy atom. The summed E-state index contributed by atoms with van der Waals surface area (Å²) in [6, 6.07) is 10.9. The molecule has 0 saturated carbocycles. The van der Waals surface area contributed by atoms with Gasteiger partial charge in [0.05, 0.1) is 36.0 Å². The van der Waals surface area contributed by atoms with Gasteiger partial charge in [-0.25, -0.2) is 18.0 Å². The zero-order chi connectivity index (χ0) is 22.6. The average molecular weight is 465 g/mol. The van der Waals surface area contributed by atoms with Crippen molar-refractivity contribution >= 4 is 33.4 Å². The molecule has 2 N–H and O–H groups in total. The van der Waals surface area contributed by atoms with Gasteiger partial charge in [0.25, 0.3) is 0 Å². The molecule has 2 aromatic rings. The average Bonchev–Trinajstić information content (AvgIpc) is 2.73. The Morgan fingerprint density at radius 3 is 2.52 bits per heavy atom. The molecule has 1 aliphatic rings. The SMILES string of the molecule is CCOC(=O)C1=C(CS(=O)(=O)c2ccc(Cl)cc2)NC(=O)N[C@@H]1c1cccc(OC)c1. The van der Waals surface area contributed by atoms with Crippen molar-refractivity contribution in [2.75, 3.05) is 19.5 Å². The Morgan fingerprint density at radius 2 is 1.87 bits per heavy atom. The van der Waals surface area contributed by atoms with E-state index in [1.165, 1.54) is 31.4 Å². The highest BCUT2D eigenvalue weighted by atomic mass is 35.5. The van der Waals surface area contributed by atoms with Crippen LogP contribution in [0.5, 0.6) is 5.75 Å². The van der Waals surface area contributed by atoms with Crippen LogP contribution in [0.4, 0.5) is 4.79 Å². The third-order valence-electron chi connectivity index (χ3n) is 4.58. The predicted molar refractivity (Wildman–Crippen MR) is 115 cm³/mol. The van der Waals surface area contributed by atoms with Crippen LogP contribution < -0.4 is 15.4 Å². The second kappa shape index (κ2) is 9.40. The van der Waals surface area contributed by atoms with Gasteiger partial charge in [0.15, 0.2) is 9.84 Å². The van der Waals surface area contributed by atoms with E-state index in [2.05, 4.69) is 10.6 Å². The van der Waals surface area contributed by atoms with Crippen molar-refractivity contribution in [1.29, 1.82) is 0 Å². The summed E-state index contributed by atoms with van der Waals surface area (Å²) in [5, 5.41) is 5.51. The van der Waals surface area contributed by atoms with E-state index in [0.717, 1.165) is 0 Å². The summed E-state index contributed by atoms with van der Waals surface area (Å²) in [5.74, 6) is -0.815. The maximum atomic E-state index is 13.0. The smallest absolute Gasteiger partial charge is 0.338 e. The second-order valence-electron chi connectivity index (χ2n) is 6.63. The summed E-state index contributed by atoms with van der Waals surface area (Å²) in [7, 11) is -2.40. The molecule has 1 aliphatic heterocycles. The molecule has 0 spiro atoms. The number of carbonyl (C=O) groups is 2. The number of halogens is 1. The molecule has 1 heterocycles. The Bertz CT molecular complexity index is 1130. The first-order chi connectivity index (χ1) is 14.7. The number of ether oxygens (including phenoxy) is 2. The minimum Gasteiger partial charge on any atom is -0.497 e. The summed E-state index contributed by atoms with van der Waals surface area (Å²) in [4.78, 5) is 25.2. The third kappa shape index (κ3) is 5.18. The molecule has 0 fully saturated rings. The quantitative estimate of drug-likeness (QED) is 0.609. The molecule has 10 heteroatoms. The maximum Gasteiger partial charge on any atom is 0.338 e. The number of urea groups is 1. The van der Waals surface area contributed by atoms with Gasteiger partial charge in [-0.3, -0.25) is 0 Å². The number of hydrogen-bond donors (Lipinski definition) is 2. The van der Waals surface area contributed by atoms with Gasteiger partial charge in [0.1, 0.15) is 5.75 Å². The van der Waals surface area contributed by atoms with E-state index in [0.29, 0.717) is 16.3 Å². The lowest BCUT2D eigenvalue weighted by Gasteiger charge is -2.29. The van der Waals surface area contributed by atoms with Crippen LogP contribution in [0.2, 0.25) is 5.02 Å². The molecule has 0 saturated heterocycles. The van der Waals surface area contributed by atoms with Gasteiger partial charge in [-0.1, -0.05) is 23.7 Å². The first-order valence-electron chi connectivity index (χ1n) is 9.35. The van der Waals surface area contributed by atoms with E-state index in [4.69, 9.17) is 21.1 Å². The number of methoxy groups -OCH3 is 1. The third-order valence-corrected chi connectivity index (χ3v) is 6.49. The Labute approximate surface area is 185 Å². The lowest BCUT2D eigenvalue weighted by Crippen LogP contribution is -2.47. The fraction of sp³-hybridized carbons (Fsp3) is 0.238. The predicted octanol–water partition coefficient (Wildman–Crippen LogP) is 2.99. The van der Waals surface area contributed by atoms with E-state index in [-0.39, 0.29) is 22.8 Å². The van der Waals surface area contributed by atoms with Gasteiger partial charge in [-0.05, 0) is 48.9 Å². The number of rotatable bonds is 7. The normalized spacial score (nSPS) is 16.4. The molecule has 1 atom stereocenters. The maximum absolute atomic E-state index is 13.0. The van der Waals surface area contributed by atoms with Crippen molar-refractivity contribution < 1.29 is 27.5 Å². The molecule has 0 aliphatic carbocycles. The van der Waals surface area contributed by atoms with Gasteiger partial charge < -0.3 is 20.1 Å². The fourth-order valence-corrected chi connectivity index (χ4v) is 4.62. The monoisotopic (exact) mass is 464 g/mol. The zero-order valence-corrected chi connectivity index (χ0v) is 18.4. The van der Waals surface area contributed by atoms with Crippen molar-refractivity contribution in [3.63, 3.8) is 0 Å².